The molecule has 1 aromatic heterocycles. The highest BCUT2D eigenvalue weighted by Crippen LogP contribution is 2.27. The van der Waals surface area contributed by atoms with Crippen molar-refractivity contribution in [3.05, 3.63) is 102 Å². The van der Waals surface area contributed by atoms with Crippen molar-refractivity contribution in [2.75, 3.05) is 7.11 Å². The van der Waals surface area contributed by atoms with Crippen molar-refractivity contribution < 1.29 is 4.74 Å². The van der Waals surface area contributed by atoms with E-state index in [0.29, 0.717) is 6.04 Å². The molecule has 0 aliphatic carbocycles. The van der Waals surface area contributed by atoms with Crippen LogP contribution < -0.4 is 10.1 Å². The minimum atomic E-state index is 0.291. The van der Waals surface area contributed by atoms with Crippen LogP contribution in [-0.2, 0) is 13.1 Å². The molecule has 0 aliphatic rings. The first-order valence-corrected chi connectivity index (χ1v) is 9.72. The second-order valence-electron chi connectivity index (χ2n) is 7.16. The third-order valence-corrected chi connectivity index (χ3v) is 5.26. The molecule has 0 amide bonds. The van der Waals surface area contributed by atoms with Crippen molar-refractivity contribution in [1.82, 2.24) is 9.88 Å². The Labute approximate surface area is 166 Å². The third-order valence-electron chi connectivity index (χ3n) is 5.26. The molecular formula is C25H26N2O. The summed E-state index contributed by atoms with van der Waals surface area (Å²) in [6, 6.07) is 27.8. The average Bonchev–Trinajstić information content (AvgIpc) is 3.10. The van der Waals surface area contributed by atoms with Gasteiger partial charge < -0.3 is 14.6 Å². The molecule has 0 bridgehead atoms. The topological polar surface area (TPSA) is 26.2 Å². The van der Waals surface area contributed by atoms with Crippen LogP contribution in [0.15, 0.2) is 85.1 Å². The van der Waals surface area contributed by atoms with Gasteiger partial charge in [-0.2, -0.15) is 0 Å². The summed E-state index contributed by atoms with van der Waals surface area (Å²) >= 11 is 0. The maximum atomic E-state index is 5.47. The van der Waals surface area contributed by atoms with E-state index in [2.05, 4.69) is 95.8 Å². The summed E-state index contributed by atoms with van der Waals surface area (Å²) in [4.78, 5) is 0. The lowest BCUT2D eigenvalue weighted by Gasteiger charge is -2.14. The zero-order valence-electron chi connectivity index (χ0n) is 16.4. The number of rotatable bonds is 7. The SMILES string of the molecule is COc1ccc2c(c1)c(CN[C@H](C)c1ccccc1)cn2Cc1ccccc1. The number of fused-ring (bicyclic) bond motifs is 1. The number of methoxy groups -OCH3 is 1. The van der Waals surface area contributed by atoms with Gasteiger partial charge >= 0.3 is 0 Å². The molecule has 1 N–H and O–H groups in total. The Morgan fingerprint density at radius 2 is 1.64 bits per heavy atom. The zero-order valence-corrected chi connectivity index (χ0v) is 16.4. The van der Waals surface area contributed by atoms with Gasteiger partial charge in [0.05, 0.1) is 7.11 Å². The van der Waals surface area contributed by atoms with E-state index in [4.69, 9.17) is 4.74 Å². The molecule has 0 saturated carbocycles. The number of nitrogens with zero attached hydrogens (tertiary/aromatic N) is 1. The molecular weight excluding hydrogens is 344 g/mol. The van der Waals surface area contributed by atoms with Gasteiger partial charge in [0.2, 0.25) is 0 Å². The molecule has 3 nitrogen and oxygen atoms in total. The van der Waals surface area contributed by atoms with Crippen LogP contribution >= 0.6 is 0 Å². The summed E-state index contributed by atoms with van der Waals surface area (Å²) < 4.78 is 7.80. The Balaban J connectivity index is 1.63. The van der Waals surface area contributed by atoms with Gasteiger partial charge in [-0.05, 0) is 41.8 Å². The molecule has 0 fully saturated rings. The fourth-order valence-corrected chi connectivity index (χ4v) is 3.65. The van der Waals surface area contributed by atoms with Gasteiger partial charge in [-0.3, -0.25) is 0 Å². The number of hydrogen-bond donors (Lipinski definition) is 1. The van der Waals surface area contributed by atoms with Crippen molar-refractivity contribution in [3.8, 4) is 5.75 Å². The molecule has 1 atom stereocenters. The van der Waals surface area contributed by atoms with Crippen molar-refractivity contribution in [1.29, 1.82) is 0 Å². The fraction of sp³-hybridized carbons (Fsp3) is 0.200. The van der Waals surface area contributed by atoms with Crippen LogP contribution in [-0.4, -0.2) is 11.7 Å². The number of hydrogen-bond acceptors (Lipinski definition) is 2. The lowest BCUT2D eigenvalue weighted by Crippen LogP contribution is -2.17. The quantitative estimate of drug-likeness (QED) is 0.462. The second-order valence-corrected chi connectivity index (χ2v) is 7.16. The third kappa shape index (κ3) is 3.95. The molecule has 28 heavy (non-hydrogen) atoms. The van der Waals surface area contributed by atoms with Crippen molar-refractivity contribution in [2.45, 2.75) is 26.1 Å². The van der Waals surface area contributed by atoms with Crippen LogP contribution in [0.2, 0.25) is 0 Å². The van der Waals surface area contributed by atoms with E-state index < -0.39 is 0 Å². The lowest BCUT2D eigenvalue weighted by molar-refractivity contribution is 0.415. The van der Waals surface area contributed by atoms with Crippen molar-refractivity contribution in [3.63, 3.8) is 0 Å². The Morgan fingerprint density at radius 1 is 0.929 bits per heavy atom. The van der Waals surface area contributed by atoms with E-state index in [-0.39, 0.29) is 0 Å². The van der Waals surface area contributed by atoms with Crippen LogP contribution in [0.3, 0.4) is 0 Å². The van der Waals surface area contributed by atoms with Gasteiger partial charge in [-0.1, -0.05) is 60.7 Å². The van der Waals surface area contributed by atoms with E-state index in [1.54, 1.807) is 7.11 Å². The van der Waals surface area contributed by atoms with Gasteiger partial charge in [0.25, 0.3) is 0 Å². The summed E-state index contributed by atoms with van der Waals surface area (Å²) in [5.74, 6) is 0.891. The largest absolute Gasteiger partial charge is 0.497 e. The van der Waals surface area contributed by atoms with Crippen molar-refractivity contribution >= 4 is 10.9 Å². The molecule has 142 valence electrons. The summed E-state index contributed by atoms with van der Waals surface area (Å²) in [5.41, 5.74) is 5.11. The number of ether oxygens (including phenoxy) is 1. The van der Waals surface area contributed by atoms with Crippen LogP contribution in [0.1, 0.15) is 29.7 Å². The number of nitrogens with one attached hydrogen (secondary N) is 1. The summed E-state index contributed by atoms with van der Waals surface area (Å²) in [5, 5.41) is 4.91. The Hall–Kier alpha value is -3.04. The minimum absolute atomic E-state index is 0.291. The first-order valence-electron chi connectivity index (χ1n) is 9.72. The van der Waals surface area contributed by atoms with Gasteiger partial charge in [0.1, 0.15) is 5.75 Å². The Morgan fingerprint density at radius 3 is 2.36 bits per heavy atom. The monoisotopic (exact) mass is 370 g/mol. The molecule has 3 aromatic carbocycles. The molecule has 3 heteroatoms. The number of benzene rings is 3. The summed E-state index contributed by atoms with van der Waals surface area (Å²) in [6.45, 7) is 3.87. The molecule has 0 radical (unpaired) electrons. The van der Waals surface area contributed by atoms with Crippen LogP contribution in [0.5, 0.6) is 5.75 Å². The maximum Gasteiger partial charge on any atom is 0.119 e. The predicted molar refractivity (Wildman–Crippen MR) is 116 cm³/mol. The molecule has 4 aromatic rings. The maximum absolute atomic E-state index is 5.47. The standard InChI is InChI=1S/C25H26N2O/c1-19(21-11-7-4-8-12-21)26-16-22-18-27(17-20-9-5-3-6-10-20)25-14-13-23(28-2)15-24(22)25/h3-15,18-19,26H,16-17H2,1-2H3/t19-/m1/s1. The first kappa shape index (κ1) is 18.3. The van der Waals surface area contributed by atoms with Crippen LogP contribution in [0.4, 0.5) is 0 Å². The molecule has 0 aliphatic heterocycles. The van der Waals surface area contributed by atoms with Gasteiger partial charge in [-0.15, -0.1) is 0 Å². The van der Waals surface area contributed by atoms with Gasteiger partial charge in [-0.25, -0.2) is 0 Å². The Bertz CT molecular complexity index is 1040. The summed E-state index contributed by atoms with van der Waals surface area (Å²) in [7, 11) is 1.72. The van der Waals surface area contributed by atoms with E-state index in [1.807, 2.05) is 6.07 Å². The predicted octanol–water partition coefficient (Wildman–Crippen LogP) is 5.55. The van der Waals surface area contributed by atoms with E-state index >= 15 is 0 Å². The molecule has 0 saturated heterocycles. The Kier molecular flexibility index (Phi) is 5.45. The molecule has 0 spiro atoms. The normalized spacial score (nSPS) is 12.2. The highest BCUT2D eigenvalue weighted by Gasteiger charge is 2.12. The fourth-order valence-electron chi connectivity index (χ4n) is 3.65. The molecule has 4 rings (SSSR count). The molecule has 0 unspecified atom stereocenters. The average molecular weight is 370 g/mol. The van der Waals surface area contributed by atoms with E-state index in [1.165, 1.54) is 27.6 Å². The van der Waals surface area contributed by atoms with Crippen molar-refractivity contribution in [2.24, 2.45) is 0 Å². The minimum Gasteiger partial charge on any atom is -0.497 e. The van der Waals surface area contributed by atoms with Gasteiger partial charge in [0.15, 0.2) is 0 Å². The number of aromatic nitrogens is 1. The highest BCUT2D eigenvalue weighted by atomic mass is 16.5. The smallest absolute Gasteiger partial charge is 0.119 e. The lowest BCUT2D eigenvalue weighted by atomic mass is 10.1. The summed E-state index contributed by atoms with van der Waals surface area (Å²) in [6.07, 6.45) is 2.27. The second kappa shape index (κ2) is 8.32. The van der Waals surface area contributed by atoms with Crippen LogP contribution in [0, 0.1) is 0 Å². The highest BCUT2D eigenvalue weighted by molar-refractivity contribution is 5.85. The van der Waals surface area contributed by atoms with E-state index in [0.717, 1.165) is 18.8 Å². The zero-order chi connectivity index (χ0) is 19.3. The first-order chi connectivity index (χ1) is 13.7. The van der Waals surface area contributed by atoms with Crippen LogP contribution in [0.25, 0.3) is 10.9 Å². The molecule has 1 heterocycles. The van der Waals surface area contributed by atoms with E-state index in [9.17, 15) is 0 Å². The van der Waals surface area contributed by atoms with Gasteiger partial charge in [0, 0.05) is 36.2 Å².